The molecule has 0 saturated carbocycles. The number of nitrogens with zero attached hydrogens (tertiary/aromatic N) is 1. The first-order valence-corrected chi connectivity index (χ1v) is 15.8. The maximum absolute atomic E-state index is 12.9. The van der Waals surface area contributed by atoms with Gasteiger partial charge in [-0.25, -0.2) is 4.79 Å². The van der Waals surface area contributed by atoms with Crippen LogP contribution in [0.3, 0.4) is 0 Å². The van der Waals surface area contributed by atoms with Gasteiger partial charge in [0.15, 0.2) is 11.5 Å². The van der Waals surface area contributed by atoms with Crippen LogP contribution in [0.5, 0.6) is 23.0 Å². The summed E-state index contributed by atoms with van der Waals surface area (Å²) in [5, 5.41) is 8.76. The summed E-state index contributed by atoms with van der Waals surface area (Å²) in [5.41, 5.74) is 1.81. The monoisotopic (exact) mass is 602 g/mol. The van der Waals surface area contributed by atoms with Crippen LogP contribution in [0.2, 0.25) is 0 Å². The molecule has 1 fully saturated rings. The Balaban J connectivity index is 1.30. The number of hydrogen-bond donors (Lipinski definition) is 3. The second-order valence-corrected chi connectivity index (χ2v) is 11.0. The predicted octanol–water partition coefficient (Wildman–Crippen LogP) is 7.69. The Bertz CT molecular complexity index is 1340. The number of amides is 3. The molecule has 3 aromatic rings. The first kappa shape index (κ1) is 32.7. The number of nitrogens with one attached hydrogen (secondary N) is 3. The van der Waals surface area contributed by atoms with Crippen LogP contribution in [0, 0.1) is 0 Å². The fourth-order valence-electron chi connectivity index (χ4n) is 5.08. The number of unbranched alkanes of at least 4 members (excludes halogenated alkanes) is 1. The molecule has 3 N–H and O–H groups in total. The molecule has 0 aliphatic carbocycles. The lowest BCUT2D eigenvalue weighted by Gasteiger charge is -2.17. The van der Waals surface area contributed by atoms with E-state index in [0.29, 0.717) is 40.8 Å². The molecule has 4 rings (SSSR count). The molecule has 1 atom stereocenters. The summed E-state index contributed by atoms with van der Waals surface area (Å²) in [6.45, 7) is 11.8. The van der Waals surface area contributed by atoms with Crippen molar-refractivity contribution >= 4 is 23.3 Å². The summed E-state index contributed by atoms with van der Waals surface area (Å²) in [4.78, 5) is 27.7. The van der Waals surface area contributed by atoms with Crippen molar-refractivity contribution < 1.29 is 23.8 Å². The molecule has 1 aliphatic rings. The number of benzene rings is 3. The molecule has 1 unspecified atom stereocenters. The van der Waals surface area contributed by atoms with Gasteiger partial charge in [0.25, 0.3) is 5.91 Å². The van der Waals surface area contributed by atoms with Gasteiger partial charge in [-0.2, -0.15) is 0 Å². The van der Waals surface area contributed by atoms with Crippen molar-refractivity contribution in [1.29, 1.82) is 0 Å². The number of anilines is 2. The Kier molecular flexibility index (Phi) is 12.3. The quantitative estimate of drug-likeness (QED) is 0.165. The van der Waals surface area contributed by atoms with E-state index in [9.17, 15) is 9.59 Å². The van der Waals surface area contributed by atoms with Gasteiger partial charge in [-0.15, -0.1) is 0 Å². The van der Waals surface area contributed by atoms with E-state index in [4.69, 9.17) is 14.2 Å². The molecule has 236 valence electrons. The maximum atomic E-state index is 12.9. The first-order valence-electron chi connectivity index (χ1n) is 15.8. The number of carbonyl (C=O) groups excluding carboxylic acids is 2. The number of rotatable bonds is 15. The summed E-state index contributed by atoms with van der Waals surface area (Å²) in [5.74, 6) is 2.19. The van der Waals surface area contributed by atoms with Crippen LogP contribution >= 0.6 is 0 Å². The van der Waals surface area contributed by atoms with Gasteiger partial charge in [0.1, 0.15) is 17.6 Å². The van der Waals surface area contributed by atoms with Gasteiger partial charge in [-0.3, -0.25) is 9.69 Å². The molecule has 3 amide bonds. The van der Waals surface area contributed by atoms with Crippen LogP contribution in [0.15, 0.2) is 66.7 Å². The third kappa shape index (κ3) is 9.64. The molecule has 1 heterocycles. The summed E-state index contributed by atoms with van der Waals surface area (Å²) >= 11 is 0. The minimum Gasteiger partial charge on any atom is -0.490 e. The van der Waals surface area contributed by atoms with Crippen molar-refractivity contribution in [3.63, 3.8) is 0 Å². The van der Waals surface area contributed by atoms with E-state index in [1.54, 1.807) is 54.6 Å². The van der Waals surface area contributed by atoms with Gasteiger partial charge in [-0.05, 0) is 99.8 Å². The Morgan fingerprint density at radius 3 is 2.25 bits per heavy atom. The lowest BCUT2D eigenvalue weighted by molar-refractivity contribution is 0.102. The molecule has 9 nitrogen and oxygen atoms in total. The molecular weight excluding hydrogens is 556 g/mol. The zero-order valence-electron chi connectivity index (χ0n) is 26.4. The molecule has 1 saturated heterocycles. The zero-order valence-corrected chi connectivity index (χ0v) is 26.4. The summed E-state index contributed by atoms with van der Waals surface area (Å²) < 4.78 is 18.0. The Morgan fingerprint density at radius 2 is 1.57 bits per heavy atom. The summed E-state index contributed by atoms with van der Waals surface area (Å²) in [7, 11) is 0. The van der Waals surface area contributed by atoms with Gasteiger partial charge >= 0.3 is 6.03 Å². The molecule has 0 spiro atoms. The summed E-state index contributed by atoms with van der Waals surface area (Å²) in [6.07, 6.45) is 5.37. The van der Waals surface area contributed by atoms with E-state index >= 15 is 0 Å². The number of hydrogen-bond acceptors (Lipinski definition) is 6. The van der Waals surface area contributed by atoms with Crippen molar-refractivity contribution in [2.75, 3.05) is 36.9 Å². The van der Waals surface area contributed by atoms with Gasteiger partial charge in [-0.1, -0.05) is 27.2 Å². The van der Waals surface area contributed by atoms with Gasteiger partial charge < -0.3 is 30.2 Å². The second-order valence-electron chi connectivity index (χ2n) is 11.0. The molecule has 0 aromatic heterocycles. The van der Waals surface area contributed by atoms with Crippen LogP contribution in [-0.2, 0) is 0 Å². The lowest BCUT2D eigenvalue weighted by Crippen LogP contribution is -2.37. The van der Waals surface area contributed by atoms with Crippen molar-refractivity contribution in [3.05, 3.63) is 72.3 Å². The Labute approximate surface area is 261 Å². The normalized spacial score (nSPS) is 14.7. The fourth-order valence-corrected chi connectivity index (χ4v) is 5.08. The van der Waals surface area contributed by atoms with Gasteiger partial charge in [0.05, 0.1) is 6.61 Å². The standard InChI is InChI=1S/C35H46N4O5/c1-5-9-21-39-22-20-31(24-39)43-29-15-10-25(11-16-29)34(40)36-27-12-17-30(18-13-27)44-32-19-14-28(23-33(32)42-8-4)38-35(41)37-26(6-2)7-3/h10-19,23,26,31H,5-9,20-22,24H2,1-4H3,(H,36,40)(H2,37,38,41). The van der Waals surface area contributed by atoms with Gasteiger partial charge in [0.2, 0.25) is 0 Å². The predicted molar refractivity (Wildman–Crippen MR) is 175 cm³/mol. The van der Waals surface area contributed by atoms with E-state index in [1.807, 2.05) is 32.9 Å². The van der Waals surface area contributed by atoms with E-state index in [1.165, 1.54) is 12.8 Å². The molecule has 44 heavy (non-hydrogen) atoms. The number of carbonyl (C=O) groups is 2. The average molecular weight is 603 g/mol. The highest BCUT2D eigenvalue weighted by atomic mass is 16.5. The van der Waals surface area contributed by atoms with Crippen LogP contribution < -0.4 is 30.2 Å². The minimum absolute atomic E-state index is 0.125. The highest BCUT2D eigenvalue weighted by Gasteiger charge is 2.23. The van der Waals surface area contributed by atoms with Crippen LogP contribution in [0.25, 0.3) is 0 Å². The fraction of sp³-hybridized carbons (Fsp3) is 0.429. The van der Waals surface area contributed by atoms with Crippen molar-refractivity contribution in [1.82, 2.24) is 10.2 Å². The van der Waals surface area contributed by atoms with Crippen LogP contribution in [-0.4, -0.2) is 55.2 Å². The summed E-state index contributed by atoms with van der Waals surface area (Å²) in [6, 6.07) is 19.6. The molecular formula is C35H46N4O5. The van der Waals surface area contributed by atoms with Gasteiger partial charge in [0, 0.05) is 42.1 Å². The third-order valence-corrected chi connectivity index (χ3v) is 7.64. The largest absolute Gasteiger partial charge is 0.490 e. The number of urea groups is 1. The average Bonchev–Trinajstić information content (AvgIpc) is 3.48. The van der Waals surface area contributed by atoms with E-state index < -0.39 is 0 Å². The van der Waals surface area contributed by atoms with Crippen molar-refractivity contribution in [2.45, 2.75) is 71.9 Å². The van der Waals surface area contributed by atoms with E-state index in [2.05, 4.69) is 27.8 Å². The highest BCUT2D eigenvalue weighted by molar-refractivity contribution is 6.04. The number of likely N-dealkylation sites (tertiary alicyclic amines) is 1. The third-order valence-electron chi connectivity index (χ3n) is 7.64. The Morgan fingerprint density at radius 1 is 0.864 bits per heavy atom. The Hall–Kier alpha value is -4.24. The topological polar surface area (TPSA) is 101 Å². The van der Waals surface area contributed by atoms with E-state index in [-0.39, 0.29) is 24.1 Å². The zero-order chi connectivity index (χ0) is 31.3. The smallest absolute Gasteiger partial charge is 0.319 e. The molecule has 1 aliphatic heterocycles. The molecule has 3 aromatic carbocycles. The molecule has 9 heteroatoms. The van der Waals surface area contributed by atoms with E-state index in [0.717, 1.165) is 44.6 Å². The second kappa shape index (κ2) is 16.6. The SMILES string of the molecule is CCCCN1CCC(Oc2ccc(C(=O)Nc3ccc(Oc4ccc(NC(=O)NC(CC)CC)cc4OCC)cc3)cc2)C1. The van der Waals surface area contributed by atoms with Crippen LogP contribution in [0.4, 0.5) is 16.2 Å². The number of ether oxygens (including phenoxy) is 3. The van der Waals surface area contributed by atoms with Crippen molar-refractivity contribution in [2.24, 2.45) is 0 Å². The molecule has 0 radical (unpaired) electrons. The lowest BCUT2D eigenvalue weighted by atomic mass is 10.2. The molecule has 0 bridgehead atoms. The first-order chi connectivity index (χ1) is 21.4. The minimum atomic E-state index is -0.255. The van der Waals surface area contributed by atoms with Crippen LogP contribution in [0.1, 0.15) is 70.2 Å². The highest BCUT2D eigenvalue weighted by Crippen LogP contribution is 2.34. The maximum Gasteiger partial charge on any atom is 0.319 e. The van der Waals surface area contributed by atoms with Crippen molar-refractivity contribution in [3.8, 4) is 23.0 Å².